The van der Waals surface area contributed by atoms with Crippen molar-refractivity contribution in [2.75, 3.05) is 7.11 Å². The number of hydrogen-bond donors (Lipinski definition) is 0. The van der Waals surface area contributed by atoms with E-state index in [1.807, 2.05) is 44.2 Å². The molecule has 1 aliphatic rings. The van der Waals surface area contributed by atoms with Gasteiger partial charge in [0.15, 0.2) is 0 Å². The highest BCUT2D eigenvalue weighted by Crippen LogP contribution is 2.41. The van der Waals surface area contributed by atoms with Gasteiger partial charge in [0.1, 0.15) is 22.9 Å². The number of methoxy groups -OCH3 is 1. The summed E-state index contributed by atoms with van der Waals surface area (Å²) in [5.41, 5.74) is 2.55. The number of ether oxygens (including phenoxy) is 2. The van der Waals surface area contributed by atoms with Crippen LogP contribution in [0.25, 0.3) is 11.3 Å². The molecule has 1 aliphatic heterocycles. The molecule has 0 N–H and O–H groups in total. The first-order valence-corrected chi connectivity index (χ1v) is 7.46. The fraction of sp³-hybridized carbons (Fsp3) is 0.200. The molecule has 0 saturated carbocycles. The van der Waals surface area contributed by atoms with E-state index in [-0.39, 0.29) is 5.82 Å². The molecule has 0 bridgehead atoms. The summed E-state index contributed by atoms with van der Waals surface area (Å²) in [6.45, 7) is 7.79. The summed E-state index contributed by atoms with van der Waals surface area (Å²) in [5, 5.41) is 0. The van der Waals surface area contributed by atoms with Gasteiger partial charge in [0, 0.05) is 16.7 Å². The van der Waals surface area contributed by atoms with Gasteiger partial charge in [-0.05, 0) is 49.8 Å². The average Bonchev–Trinajstić information content (AvgIpc) is 2.52. The molecule has 0 fully saturated rings. The van der Waals surface area contributed by atoms with Gasteiger partial charge in [0.05, 0.1) is 7.11 Å². The monoisotopic (exact) mass is 310 g/mol. The van der Waals surface area contributed by atoms with Crippen molar-refractivity contribution in [3.05, 3.63) is 77.6 Å². The van der Waals surface area contributed by atoms with Crippen molar-refractivity contribution in [2.45, 2.75) is 19.4 Å². The third-order valence-corrected chi connectivity index (χ3v) is 3.87. The summed E-state index contributed by atoms with van der Waals surface area (Å²) < 4.78 is 25.5. The van der Waals surface area contributed by atoms with Gasteiger partial charge >= 0.3 is 0 Å². The standard InChI is InChI=1S/C20H19FO2/c1-13(22-4)14-9-10-19-16(11-14)17(12-20(2,3)23-19)15-7-5-6-8-18(15)21/h5-12H,1H2,2-4H3. The molecule has 118 valence electrons. The highest BCUT2D eigenvalue weighted by Gasteiger charge is 2.28. The number of benzene rings is 2. The summed E-state index contributed by atoms with van der Waals surface area (Å²) in [7, 11) is 1.58. The first-order chi connectivity index (χ1) is 10.9. The summed E-state index contributed by atoms with van der Waals surface area (Å²) in [6.07, 6.45) is 1.95. The molecule has 3 rings (SSSR count). The van der Waals surface area contributed by atoms with E-state index in [0.717, 1.165) is 22.4 Å². The molecular formula is C20H19FO2. The van der Waals surface area contributed by atoms with Crippen LogP contribution in [0.4, 0.5) is 4.39 Å². The quantitative estimate of drug-likeness (QED) is 0.739. The molecule has 0 aliphatic carbocycles. The van der Waals surface area contributed by atoms with Crippen LogP contribution in [0, 0.1) is 5.82 Å². The van der Waals surface area contributed by atoms with Gasteiger partial charge in [-0.1, -0.05) is 24.8 Å². The molecule has 0 unspecified atom stereocenters. The van der Waals surface area contributed by atoms with Gasteiger partial charge in [-0.2, -0.15) is 0 Å². The van der Waals surface area contributed by atoms with Crippen LogP contribution in [-0.2, 0) is 4.74 Å². The molecule has 1 heterocycles. The summed E-state index contributed by atoms with van der Waals surface area (Å²) >= 11 is 0. The lowest BCUT2D eigenvalue weighted by atomic mass is 9.88. The van der Waals surface area contributed by atoms with E-state index >= 15 is 0 Å². The molecule has 2 aromatic carbocycles. The Bertz CT molecular complexity index is 803. The van der Waals surface area contributed by atoms with Crippen molar-refractivity contribution in [3.63, 3.8) is 0 Å². The van der Waals surface area contributed by atoms with Crippen molar-refractivity contribution < 1.29 is 13.9 Å². The zero-order chi connectivity index (χ0) is 16.6. The van der Waals surface area contributed by atoms with Gasteiger partial charge in [-0.15, -0.1) is 0 Å². The van der Waals surface area contributed by atoms with Crippen LogP contribution in [0.3, 0.4) is 0 Å². The number of rotatable bonds is 3. The fourth-order valence-corrected chi connectivity index (χ4v) is 2.76. The lowest BCUT2D eigenvalue weighted by Gasteiger charge is -2.31. The Morgan fingerprint density at radius 2 is 1.87 bits per heavy atom. The van der Waals surface area contributed by atoms with Crippen LogP contribution in [0.5, 0.6) is 5.75 Å². The SMILES string of the molecule is C=C(OC)c1ccc2c(c1)C(c1ccccc1F)=CC(C)(C)O2. The largest absolute Gasteiger partial charge is 0.497 e. The van der Waals surface area contributed by atoms with E-state index in [0.29, 0.717) is 11.3 Å². The Hall–Kier alpha value is -2.55. The van der Waals surface area contributed by atoms with Gasteiger partial charge < -0.3 is 9.47 Å². The van der Waals surface area contributed by atoms with E-state index in [4.69, 9.17) is 9.47 Å². The van der Waals surface area contributed by atoms with Crippen LogP contribution in [-0.4, -0.2) is 12.7 Å². The normalized spacial score (nSPS) is 15.2. The Balaban J connectivity index is 2.21. The number of fused-ring (bicyclic) bond motifs is 1. The molecule has 0 amide bonds. The fourth-order valence-electron chi connectivity index (χ4n) is 2.76. The Labute approximate surface area is 135 Å². The van der Waals surface area contributed by atoms with Gasteiger partial charge in [-0.25, -0.2) is 4.39 Å². The van der Waals surface area contributed by atoms with E-state index in [2.05, 4.69) is 6.58 Å². The van der Waals surface area contributed by atoms with Crippen molar-refractivity contribution in [1.29, 1.82) is 0 Å². The highest BCUT2D eigenvalue weighted by molar-refractivity contribution is 5.86. The zero-order valence-electron chi connectivity index (χ0n) is 13.5. The van der Waals surface area contributed by atoms with Crippen LogP contribution >= 0.6 is 0 Å². The second-order valence-electron chi connectivity index (χ2n) is 6.08. The van der Waals surface area contributed by atoms with Crippen LogP contribution in [0.1, 0.15) is 30.5 Å². The maximum atomic E-state index is 14.3. The van der Waals surface area contributed by atoms with E-state index in [1.165, 1.54) is 6.07 Å². The third-order valence-electron chi connectivity index (χ3n) is 3.87. The average molecular weight is 310 g/mol. The summed E-state index contributed by atoms with van der Waals surface area (Å²) in [4.78, 5) is 0. The Morgan fingerprint density at radius 1 is 1.13 bits per heavy atom. The molecule has 0 radical (unpaired) electrons. The third kappa shape index (κ3) is 2.87. The van der Waals surface area contributed by atoms with Crippen molar-refractivity contribution in [3.8, 4) is 5.75 Å². The Morgan fingerprint density at radius 3 is 2.57 bits per heavy atom. The van der Waals surface area contributed by atoms with Gasteiger partial charge in [0.2, 0.25) is 0 Å². The van der Waals surface area contributed by atoms with Crippen LogP contribution in [0.2, 0.25) is 0 Å². The highest BCUT2D eigenvalue weighted by atomic mass is 19.1. The van der Waals surface area contributed by atoms with E-state index in [1.54, 1.807) is 19.2 Å². The minimum absolute atomic E-state index is 0.252. The molecular weight excluding hydrogens is 291 g/mol. The first kappa shape index (κ1) is 15.3. The van der Waals surface area contributed by atoms with Crippen molar-refractivity contribution >= 4 is 11.3 Å². The smallest absolute Gasteiger partial charge is 0.131 e. The lowest BCUT2D eigenvalue weighted by Crippen LogP contribution is -2.29. The number of halogens is 1. The van der Waals surface area contributed by atoms with Crippen molar-refractivity contribution in [2.24, 2.45) is 0 Å². The van der Waals surface area contributed by atoms with Crippen LogP contribution in [0.15, 0.2) is 55.1 Å². The van der Waals surface area contributed by atoms with Gasteiger partial charge in [-0.3, -0.25) is 0 Å². The second-order valence-corrected chi connectivity index (χ2v) is 6.08. The van der Waals surface area contributed by atoms with Crippen molar-refractivity contribution in [1.82, 2.24) is 0 Å². The Kier molecular flexibility index (Phi) is 3.72. The predicted octanol–water partition coefficient (Wildman–Crippen LogP) is 5.05. The van der Waals surface area contributed by atoms with E-state index < -0.39 is 5.60 Å². The minimum atomic E-state index is -0.510. The number of hydrogen-bond acceptors (Lipinski definition) is 2. The molecule has 3 heteroatoms. The minimum Gasteiger partial charge on any atom is -0.497 e. The molecule has 2 aromatic rings. The molecule has 2 nitrogen and oxygen atoms in total. The summed E-state index contributed by atoms with van der Waals surface area (Å²) in [5.74, 6) is 1.03. The molecule has 23 heavy (non-hydrogen) atoms. The second kappa shape index (κ2) is 5.58. The first-order valence-electron chi connectivity index (χ1n) is 7.46. The maximum Gasteiger partial charge on any atom is 0.131 e. The van der Waals surface area contributed by atoms with Crippen LogP contribution < -0.4 is 4.74 Å². The summed E-state index contributed by atoms with van der Waals surface area (Å²) in [6, 6.07) is 12.5. The molecule has 0 aromatic heterocycles. The topological polar surface area (TPSA) is 18.5 Å². The maximum absolute atomic E-state index is 14.3. The molecule has 0 saturated heterocycles. The lowest BCUT2D eigenvalue weighted by molar-refractivity contribution is 0.158. The molecule has 0 spiro atoms. The zero-order valence-corrected chi connectivity index (χ0v) is 13.5. The van der Waals surface area contributed by atoms with E-state index in [9.17, 15) is 4.39 Å². The molecule has 0 atom stereocenters. The van der Waals surface area contributed by atoms with Gasteiger partial charge in [0.25, 0.3) is 0 Å². The predicted molar refractivity (Wildman–Crippen MR) is 90.7 cm³/mol.